The average Bonchev–Trinajstić information content (AvgIpc) is 3.35. The number of carbonyl (C=O) groups excluding carboxylic acids is 1. The Morgan fingerprint density at radius 2 is 2.15 bits per heavy atom. The van der Waals surface area contributed by atoms with Crippen molar-refractivity contribution in [2.24, 2.45) is 5.92 Å². The first-order chi connectivity index (χ1) is 13.2. The SMILES string of the molecule is CC[C@H]1O[C@H](C(=O)C[C@@H](Cc2ccccc2)c2nccs2)[C@@H](OC)[C@@H]1CO. The molecule has 5 nitrogen and oxygen atoms in total. The van der Waals surface area contributed by atoms with Crippen molar-refractivity contribution in [2.75, 3.05) is 13.7 Å². The highest BCUT2D eigenvalue weighted by Crippen LogP contribution is 2.34. The number of ketones is 1. The second kappa shape index (κ2) is 9.55. The van der Waals surface area contributed by atoms with E-state index in [1.165, 1.54) is 5.56 Å². The molecule has 0 aliphatic carbocycles. The van der Waals surface area contributed by atoms with Gasteiger partial charge in [0.1, 0.15) is 6.10 Å². The molecular weight excluding hydrogens is 362 g/mol. The molecule has 1 saturated heterocycles. The van der Waals surface area contributed by atoms with Crippen LogP contribution in [0.3, 0.4) is 0 Å². The monoisotopic (exact) mass is 389 g/mol. The van der Waals surface area contributed by atoms with Gasteiger partial charge in [-0.15, -0.1) is 11.3 Å². The Hall–Kier alpha value is -1.60. The van der Waals surface area contributed by atoms with Gasteiger partial charge in [-0.1, -0.05) is 37.3 Å². The fraction of sp³-hybridized carbons (Fsp3) is 0.524. The van der Waals surface area contributed by atoms with Crippen molar-refractivity contribution in [3.63, 3.8) is 0 Å². The zero-order valence-corrected chi connectivity index (χ0v) is 16.6. The van der Waals surface area contributed by atoms with Crippen molar-refractivity contribution in [1.29, 1.82) is 0 Å². The van der Waals surface area contributed by atoms with E-state index in [4.69, 9.17) is 9.47 Å². The standard InChI is InChI=1S/C21H27NO4S/c1-3-18-16(13-23)19(25-2)20(26-18)17(24)12-15(21-22-9-10-27-21)11-14-7-5-4-6-8-14/h4-10,15-16,18-20,23H,3,11-13H2,1-2H3/t15-,16-,18-,19+,20-/m1/s1. The largest absolute Gasteiger partial charge is 0.396 e. The molecular formula is C21H27NO4S. The van der Waals surface area contributed by atoms with Gasteiger partial charge in [0.25, 0.3) is 0 Å². The van der Waals surface area contributed by atoms with Crippen LogP contribution in [-0.4, -0.2) is 47.9 Å². The Kier molecular flexibility index (Phi) is 7.13. The van der Waals surface area contributed by atoms with E-state index >= 15 is 0 Å². The van der Waals surface area contributed by atoms with E-state index in [0.29, 0.717) is 6.42 Å². The number of nitrogens with zero attached hydrogens (tertiary/aromatic N) is 1. The van der Waals surface area contributed by atoms with Crippen molar-refractivity contribution in [3.8, 4) is 0 Å². The molecule has 1 aliphatic heterocycles. The summed E-state index contributed by atoms with van der Waals surface area (Å²) in [5.74, 6) is -0.136. The molecule has 0 unspecified atom stereocenters. The third kappa shape index (κ3) is 4.63. The van der Waals surface area contributed by atoms with Gasteiger partial charge in [0.05, 0.1) is 23.8 Å². The lowest BCUT2D eigenvalue weighted by Gasteiger charge is -2.21. The number of hydrogen-bond donors (Lipinski definition) is 1. The van der Waals surface area contributed by atoms with Gasteiger partial charge in [-0.05, 0) is 18.4 Å². The number of methoxy groups -OCH3 is 1. The van der Waals surface area contributed by atoms with Crippen molar-refractivity contribution in [3.05, 3.63) is 52.5 Å². The summed E-state index contributed by atoms with van der Waals surface area (Å²) in [4.78, 5) is 17.6. The number of hydrogen-bond acceptors (Lipinski definition) is 6. The number of thiazole rings is 1. The van der Waals surface area contributed by atoms with E-state index in [0.717, 1.165) is 17.8 Å². The summed E-state index contributed by atoms with van der Waals surface area (Å²) >= 11 is 1.58. The number of ether oxygens (including phenoxy) is 2. The van der Waals surface area contributed by atoms with E-state index in [2.05, 4.69) is 17.1 Å². The van der Waals surface area contributed by atoms with Crippen molar-refractivity contribution in [2.45, 2.75) is 50.4 Å². The molecule has 0 saturated carbocycles. The fourth-order valence-electron chi connectivity index (χ4n) is 3.92. The minimum Gasteiger partial charge on any atom is -0.396 e. The van der Waals surface area contributed by atoms with Crippen LogP contribution in [0.4, 0.5) is 0 Å². The number of aromatic nitrogens is 1. The number of rotatable bonds is 9. The van der Waals surface area contributed by atoms with Crippen molar-refractivity contribution < 1.29 is 19.4 Å². The summed E-state index contributed by atoms with van der Waals surface area (Å²) in [5.41, 5.74) is 1.18. The van der Waals surface area contributed by atoms with Crippen LogP contribution in [0.2, 0.25) is 0 Å². The molecule has 146 valence electrons. The van der Waals surface area contributed by atoms with Gasteiger partial charge in [0.2, 0.25) is 0 Å². The topological polar surface area (TPSA) is 68.7 Å². The van der Waals surface area contributed by atoms with Crippen molar-refractivity contribution in [1.82, 2.24) is 4.98 Å². The molecule has 2 aromatic rings. The molecule has 1 fully saturated rings. The third-order valence-electron chi connectivity index (χ3n) is 5.30. The van der Waals surface area contributed by atoms with Crippen LogP contribution in [0.1, 0.15) is 36.3 Å². The summed E-state index contributed by atoms with van der Waals surface area (Å²) in [6.07, 6.45) is 2.45. The van der Waals surface area contributed by atoms with Gasteiger partial charge in [-0.3, -0.25) is 4.79 Å². The third-order valence-corrected chi connectivity index (χ3v) is 6.23. The van der Waals surface area contributed by atoms with E-state index in [1.807, 2.05) is 30.5 Å². The Morgan fingerprint density at radius 1 is 1.37 bits per heavy atom. The summed E-state index contributed by atoms with van der Waals surface area (Å²) in [5, 5.41) is 12.6. The van der Waals surface area contributed by atoms with Crippen LogP contribution in [0.25, 0.3) is 0 Å². The van der Waals surface area contributed by atoms with Gasteiger partial charge < -0.3 is 14.6 Å². The molecule has 2 heterocycles. The summed E-state index contributed by atoms with van der Waals surface area (Å²) < 4.78 is 11.5. The zero-order chi connectivity index (χ0) is 19.2. The molecule has 0 spiro atoms. The number of carbonyl (C=O) groups is 1. The summed E-state index contributed by atoms with van der Waals surface area (Å²) in [7, 11) is 1.58. The Balaban J connectivity index is 1.76. The molecule has 3 rings (SSSR count). The normalized spacial score (nSPS) is 26.2. The van der Waals surface area contributed by atoms with E-state index < -0.39 is 12.2 Å². The maximum atomic E-state index is 13.1. The first-order valence-electron chi connectivity index (χ1n) is 9.43. The van der Waals surface area contributed by atoms with Gasteiger partial charge in [0.15, 0.2) is 5.78 Å². The molecule has 0 radical (unpaired) electrons. The molecule has 27 heavy (non-hydrogen) atoms. The minimum atomic E-state index is -0.629. The zero-order valence-electron chi connectivity index (χ0n) is 15.8. The van der Waals surface area contributed by atoms with Crippen LogP contribution in [0, 0.1) is 5.92 Å². The van der Waals surface area contributed by atoms with Crippen LogP contribution >= 0.6 is 11.3 Å². The Labute approximate surface area is 164 Å². The van der Waals surface area contributed by atoms with Gasteiger partial charge in [-0.2, -0.15) is 0 Å². The second-order valence-corrected chi connectivity index (χ2v) is 7.90. The van der Waals surface area contributed by atoms with E-state index in [1.54, 1.807) is 24.6 Å². The number of aliphatic hydroxyl groups excluding tert-OH is 1. The van der Waals surface area contributed by atoms with E-state index in [-0.39, 0.29) is 30.3 Å². The predicted molar refractivity (Wildman–Crippen MR) is 105 cm³/mol. The van der Waals surface area contributed by atoms with Crippen LogP contribution in [0.5, 0.6) is 0 Å². The fourth-order valence-corrected chi connectivity index (χ4v) is 4.66. The minimum absolute atomic E-state index is 0.00857. The van der Waals surface area contributed by atoms with Crippen LogP contribution in [0.15, 0.2) is 41.9 Å². The number of aliphatic hydroxyl groups is 1. The highest BCUT2D eigenvalue weighted by atomic mass is 32.1. The maximum Gasteiger partial charge on any atom is 0.164 e. The quantitative estimate of drug-likeness (QED) is 0.713. The maximum absolute atomic E-state index is 13.1. The lowest BCUT2D eigenvalue weighted by atomic mass is 9.89. The van der Waals surface area contributed by atoms with Crippen LogP contribution in [-0.2, 0) is 20.7 Å². The average molecular weight is 390 g/mol. The Morgan fingerprint density at radius 3 is 2.74 bits per heavy atom. The first-order valence-corrected chi connectivity index (χ1v) is 10.3. The molecule has 0 bridgehead atoms. The van der Waals surface area contributed by atoms with E-state index in [9.17, 15) is 9.90 Å². The van der Waals surface area contributed by atoms with Gasteiger partial charge in [-0.25, -0.2) is 4.98 Å². The summed E-state index contributed by atoms with van der Waals surface area (Å²) in [6, 6.07) is 10.2. The Bertz CT molecular complexity index is 706. The number of Topliss-reactive ketones (excluding diaryl/α,β-unsaturated/α-hetero) is 1. The van der Waals surface area contributed by atoms with Crippen molar-refractivity contribution >= 4 is 17.1 Å². The molecule has 0 amide bonds. The summed E-state index contributed by atoms with van der Waals surface area (Å²) in [6.45, 7) is 1.96. The second-order valence-electron chi connectivity index (χ2n) is 6.98. The lowest BCUT2D eigenvalue weighted by molar-refractivity contribution is -0.134. The van der Waals surface area contributed by atoms with Crippen LogP contribution < -0.4 is 0 Å². The smallest absolute Gasteiger partial charge is 0.164 e. The molecule has 1 N–H and O–H groups in total. The first kappa shape index (κ1) is 20.1. The predicted octanol–water partition coefficient (Wildman–Crippen LogP) is 3.23. The molecule has 1 aromatic carbocycles. The lowest BCUT2D eigenvalue weighted by Crippen LogP contribution is -2.37. The van der Waals surface area contributed by atoms with Gasteiger partial charge >= 0.3 is 0 Å². The molecule has 1 aromatic heterocycles. The highest BCUT2D eigenvalue weighted by Gasteiger charge is 2.47. The molecule has 5 atom stereocenters. The molecule has 1 aliphatic rings. The molecule has 6 heteroatoms. The highest BCUT2D eigenvalue weighted by molar-refractivity contribution is 7.09. The van der Waals surface area contributed by atoms with Gasteiger partial charge in [0, 0.05) is 36.9 Å². The number of benzene rings is 1.